The monoisotopic (exact) mass is 398 g/mol. The molecule has 25 heavy (non-hydrogen) atoms. The first-order chi connectivity index (χ1) is 12.2. The Balaban J connectivity index is 1.88. The molecule has 0 aliphatic rings. The molecular weight excluding hydrogens is 380 g/mol. The van der Waals surface area contributed by atoms with Crippen molar-refractivity contribution in [2.24, 2.45) is 0 Å². The minimum Gasteiger partial charge on any atom is -0.491 e. The fourth-order valence-electron chi connectivity index (χ4n) is 2.49. The van der Waals surface area contributed by atoms with Crippen LogP contribution in [-0.2, 0) is 0 Å². The number of carbonyl (C=O) groups excluding carboxylic acids is 1. The summed E-state index contributed by atoms with van der Waals surface area (Å²) in [6, 6.07) is 14.8. The first-order valence-corrected chi connectivity index (χ1v) is 9.06. The van der Waals surface area contributed by atoms with Crippen molar-refractivity contribution in [3.8, 4) is 5.75 Å². The molecule has 0 radical (unpaired) electrons. The van der Waals surface area contributed by atoms with Gasteiger partial charge in [0.15, 0.2) is 0 Å². The number of pyridine rings is 1. The van der Waals surface area contributed by atoms with Crippen molar-refractivity contribution in [2.45, 2.75) is 19.8 Å². The quantitative estimate of drug-likeness (QED) is 0.563. The molecule has 0 bridgehead atoms. The molecule has 1 amide bonds. The summed E-state index contributed by atoms with van der Waals surface area (Å²) in [5.74, 6) is 0.586. The first-order valence-electron chi connectivity index (χ1n) is 8.26. The molecular formula is C20H19BrN2O2. The van der Waals surface area contributed by atoms with Gasteiger partial charge in [-0.3, -0.25) is 9.78 Å². The molecule has 1 N–H and O–H groups in total. The number of hydrogen-bond donors (Lipinski definition) is 1. The van der Waals surface area contributed by atoms with Crippen molar-refractivity contribution >= 4 is 38.4 Å². The van der Waals surface area contributed by atoms with E-state index in [0.717, 1.165) is 39.7 Å². The number of fused-ring (bicyclic) bond motifs is 1. The molecule has 3 rings (SSSR count). The maximum absolute atomic E-state index is 12.5. The highest BCUT2D eigenvalue weighted by atomic mass is 79.9. The van der Waals surface area contributed by atoms with Gasteiger partial charge in [0.25, 0.3) is 5.91 Å². The van der Waals surface area contributed by atoms with Crippen molar-refractivity contribution < 1.29 is 9.53 Å². The van der Waals surface area contributed by atoms with Crippen LogP contribution in [0.25, 0.3) is 10.9 Å². The van der Waals surface area contributed by atoms with E-state index in [4.69, 9.17) is 4.74 Å². The van der Waals surface area contributed by atoms with Gasteiger partial charge in [-0.2, -0.15) is 0 Å². The lowest BCUT2D eigenvalue weighted by Crippen LogP contribution is -2.12. The van der Waals surface area contributed by atoms with Gasteiger partial charge in [0.2, 0.25) is 0 Å². The number of carbonyl (C=O) groups is 1. The molecule has 1 aromatic heterocycles. The van der Waals surface area contributed by atoms with Crippen molar-refractivity contribution in [2.75, 3.05) is 11.9 Å². The van der Waals surface area contributed by atoms with Gasteiger partial charge in [-0.15, -0.1) is 0 Å². The molecule has 2 aromatic carbocycles. The van der Waals surface area contributed by atoms with Gasteiger partial charge in [0, 0.05) is 21.6 Å². The van der Waals surface area contributed by atoms with Gasteiger partial charge in [-0.25, -0.2) is 0 Å². The van der Waals surface area contributed by atoms with Crippen LogP contribution in [0.1, 0.15) is 30.1 Å². The van der Waals surface area contributed by atoms with Crippen LogP contribution >= 0.6 is 15.9 Å². The summed E-state index contributed by atoms with van der Waals surface area (Å²) in [6.45, 7) is 2.78. The van der Waals surface area contributed by atoms with Crippen LogP contribution in [0.4, 0.5) is 5.69 Å². The highest BCUT2D eigenvalue weighted by Gasteiger charge is 2.12. The fraction of sp³-hybridized carbons (Fsp3) is 0.200. The predicted octanol–water partition coefficient (Wildman–Crippen LogP) is 5.43. The van der Waals surface area contributed by atoms with Gasteiger partial charge in [-0.1, -0.05) is 29.3 Å². The summed E-state index contributed by atoms with van der Waals surface area (Å²) in [4.78, 5) is 16.9. The maximum atomic E-state index is 12.5. The van der Waals surface area contributed by atoms with Crippen LogP contribution in [0.15, 0.2) is 59.2 Å². The lowest BCUT2D eigenvalue weighted by molar-refractivity contribution is 0.102. The third kappa shape index (κ3) is 4.17. The minimum atomic E-state index is -0.155. The average molecular weight is 399 g/mol. The smallest absolute Gasteiger partial charge is 0.255 e. The van der Waals surface area contributed by atoms with E-state index in [0.29, 0.717) is 12.2 Å². The van der Waals surface area contributed by atoms with E-state index < -0.39 is 0 Å². The average Bonchev–Trinajstić information content (AvgIpc) is 2.64. The molecule has 3 aromatic rings. The Kier molecular flexibility index (Phi) is 5.66. The third-order valence-electron chi connectivity index (χ3n) is 3.84. The molecule has 0 unspecified atom stereocenters. The number of aromatic nitrogens is 1. The summed E-state index contributed by atoms with van der Waals surface area (Å²) >= 11 is 3.37. The van der Waals surface area contributed by atoms with E-state index in [-0.39, 0.29) is 5.91 Å². The number of amides is 1. The Bertz CT molecular complexity index is 879. The molecule has 0 spiro atoms. The lowest BCUT2D eigenvalue weighted by atomic mass is 10.1. The number of nitrogens with zero attached hydrogens (tertiary/aromatic N) is 1. The Morgan fingerprint density at radius 2 is 1.96 bits per heavy atom. The molecule has 0 aliphatic carbocycles. The van der Waals surface area contributed by atoms with Gasteiger partial charge < -0.3 is 10.1 Å². The van der Waals surface area contributed by atoms with E-state index in [1.54, 1.807) is 18.3 Å². The molecule has 1 heterocycles. The number of unbranched alkanes of at least 4 members (excludes halogenated alkanes) is 1. The predicted molar refractivity (Wildman–Crippen MR) is 104 cm³/mol. The molecule has 4 nitrogen and oxygen atoms in total. The molecule has 0 fully saturated rings. The lowest BCUT2D eigenvalue weighted by Gasteiger charge is -2.12. The van der Waals surface area contributed by atoms with Crippen LogP contribution in [0.3, 0.4) is 0 Å². The van der Waals surface area contributed by atoms with E-state index in [2.05, 4.69) is 33.2 Å². The van der Waals surface area contributed by atoms with E-state index in [1.165, 1.54) is 0 Å². The van der Waals surface area contributed by atoms with E-state index >= 15 is 0 Å². The van der Waals surface area contributed by atoms with Crippen LogP contribution < -0.4 is 10.1 Å². The van der Waals surface area contributed by atoms with Crippen LogP contribution in [0.5, 0.6) is 5.75 Å². The summed E-state index contributed by atoms with van der Waals surface area (Å²) in [5.41, 5.74) is 2.08. The zero-order chi connectivity index (χ0) is 17.6. The zero-order valence-corrected chi connectivity index (χ0v) is 15.5. The van der Waals surface area contributed by atoms with Gasteiger partial charge in [0.05, 0.1) is 12.3 Å². The standard InChI is InChI=1S/C20H19BrN2O2/c1-2-3-13-25-18-11-10-17(16-5-4-12-22-19(16)18)23-20(24)14-6-8-15(21)9-7-14/h4-12H,2-3,13H2,1H3,(H,23,24). The number of benzene rings is 2. The highest BCUT2D eigenvalue weighted by Crippen LogP contribution is 2.30. The number of halogens is 1. The largest absolute Gasteiger partial charge is 0.491 e. The topological polar surface area (TPSA) is 51.2 Å². The fourth-order valence-corrected chi connectivity index (χ4v) is 2.76. The Morgan fingerprint density at radius 3 is 2.72 bits per heavy atom. The second-order valence-electron chi connectivity index (χ2n) is 5.67. The molecule has 0 atom stereocenters. The molecule has 128 valence electrons. The maximum Gasteiger partial charge on any atom is 0.255 e. The van der Waals surface area contributed by atoms with Crippen molar-refractivity contribution in [3.05, 3.63) is 64.8 Å². The molecule has 0 saturated heterocycles. The molecule has 0 aliphatic heterocycles. The SMILES string of the molecule is CCCCOc1ccc(NC(=O)c2ccc(Br)cc2)c2cccnc12. The Morgan fingerprint density at radius 1 is 1.16 bits per heavy atom. The zero-order valence-electron chi connectivity index (χ0n) is 14.0. The van der Waals surface area contributed by atoms with Gasteiger partial charge >= 0.3 is 0 Å². The van der Waals surface area contributed by atoms with Crippen molar-refractivity contribution in [1.82, 2.24) is 4.98 Å². The number of nitrogens with one attached hydrogen (secondary N) is 1. The van der Waals surface area contributed by atoms with Gasteiger partial charge in [-0.05, 0) is 55.0 Å². The van der Waals surface area contributed by atoms with Crippen molar-refractivity contribution in [1.29, 1.82) is 0 Å². The van der Waals surface area contributed by atoms with Crippen LogP contribution in [0, 0.1) is 0 Å². The summed E-state index contributed by atoms with van der Waals surface area (Å²) < 4.78 is 6.77. The first kappa shape index (κ1) is 17.4. The number of hydrogen-bond acceptors (Lipinski definition) is 3. The molecule has 5 heteroatoms. The minimum absolute atomic E-state index is 0.155. The number of anilines is 1. The summed E-state index contributed by atoms with van der Waals surface area (Å²) in [6.07, 6.45) is 3.80. The number of ether oxygens (including phenoxy) is 1. The third-order valence-corrected chi connectivity index (χ3v) is 4.37. The van der Waals surface area contributed by atoms with Crippen molar-refractivity contribution in [3.63, 3.8) is 0 Å². The Hall–Kier alpha value is -2.40. The number of rotatable bonds is 6. The van der Waals surface area contributed by atoms with Crippen LogP contribution in [-0.4, -0.2) is 17.5 Å². The van der Waals surface area contributed by atoms with Crippen LogP contribution in [0.2, 0.25) is 0 Å². The highest BCUT2D eigenvalue weighted by molar-refractivity contribution is 9.10. The van der Waals surface area contributed by atoms with E-state index in [9.17, 15) is 4.79 Å². The normalized spacial score (nSPS) is 10.6. The van der Waals surface area contributed by atoms with E-state index in [1.807, 2.05) is 36.4 Å². The Labute approximate surface area is 155 Å². The molecule has 0 saturated carbocycles. The second kappa shape index (κ2) is 8.12. The summed E-state index contributed by atoms with van der Waals surface area (Å²) in [7, 11) is 0. The second-order valence-corrected chi connectivity index (χ2v) is 6.59. The summed E-state index contributed by atoms with van der Waals surface area (Å²) in [5, 5.41) is 3.83. The van der Waals surface area contributed by atoms with Gasteiger partial charge in [0.1, 0.15) is 11.3 Å².